The fourth-order valence-electron chi connectivity index (χ4n) is 2.30. The van der Waals surface area contributed by atoms with Crippen LogP contribution in [0.3, 0.4) is 0 Å². The maximum absolute atomic E-state index is 12.6. The van der Waals surface area contributed by atoms with E-state index in [0.717, 1.165) is 5.56 Å². The van der Waals surface area contributed by atoms with Crippen LogP contribution in [0.15, 0.2) is 36.5 Å². The van der Waals surface area contributed by atoms with E-state index in [1.54, 1.807) is 42.4 Å². The van der Waals surface area contributed by atoms with E-state index in [9.17, 15) is 9.90 Å². The zero-order chi connectivity index (χ0) is 15.6. The topological polar surface area (TPSA) is 71.5 Å². The number of phenols is 1. The molecule has 0 radical (unpaired) electrons. The largest absolute Gasteiger partial charge is 0.508 e. The first-order valence-corrected chi connectivity index (χ1v) is 6.89. The number of rotatable bonds is 4. The molecule has 2 rings (SSSR count). The molecular weight excluding hydrogens is 266 g/mol. The van der Waals surface area contributed by atoms with E-state index in [0.29, 0.717) is 17.9 Å². The predicted molar refractivity (Wildman–Crippen MR) is 83.1 cm³/mol. The lowest BCUT2D eigenvalue weighted by molar-refractivity contribution is 0.0772. The number of anilines is 1. The van der Waals surface area contributed by atoms with E-state index in [1.807, 2.05) is 24.5 Å². The van der Waals surface area contributed by atoms with E-state index >= 15 is 0 Å². The molecule has 0 aliphatic heterocycles. The highest BCUT2D eigenvalue weighted by Crippen LogP contribution is 2.19. The number of carbonyl (C=O) groups is 1. The van der Waals surface area contributed by atoms with E-state index in [-0.39, 0.29) is 17.7 Å². The van der Waals surface area contributed by atoms with Gasteiger partial charge >= 0.3 is 0 Å². The molecule has 0 saturated heterocycles. The van der Waals surface area contributed by atoms with Crippen molar-refractivity contribution < 1.29 is 9.90 Å². The lowest BCUT2D eigenvalue weighted by Crippen LogP contribution is -2.28. The number of aromatic nitrogens is 1. The Hall–Kier alpha value is -2.43. The Bertz CT molecular complexity index is 647. The number of nitrogens with zero attached hydrogens (tertiary/aromatic N) is 2. The lowest BCUT2D eigenvalue weighted by Gasteiger charge is -2.20. The molecule has 0 aliphatic rings. The van der Waals surface area contributed by atoms with Gasteiger partial charge in [-0.05, 0) is 37.6 Å². The molecule has 5 nitrogen and oxygen atoms in total. The zero-order valence-corrected chi connectivity index (χ0v) is 12.6. The van der Waals surface area contributed by atoms with Gasteiger partial charge in [0.1, 0.15) is 11.4 Å². The molecule has 0 bridgehead atoms. The van der Waals surface area contributed by atoms with Crippen LogP contribution < -0.4 is 5.73 Å². The molecule has 0 spiro atoms. The van der Waals surface area contributed by atoms with Crippen LogP contribution in [-0.2, 0) is 6.54 Å². The highest BCUT2D eigenvalue weighted by molar-refractivity contribution is 5.93. The summed E-state index contributed by atoms with van der Waals surface area (Å²) in [5.41, 5.74) is 7.83. The lowest BCUT2D eigenvalue weighted by atomic mass is 10.2. The summed E-state index contributed by atoms with van der Waals surface area (Å²) >= 11 is 0. The van der Waals surface area contributed by atoms with Crippen molar-refractivity contribution in [2.24, 2.45) is 0 Å². The summed E-state index contributed by atoms with van der Waals surface area (Å²) in [6.45, 7) is 4.44. The van der Waals surface area contributed by atoms with Crippen molar-refractivity contribution in [3.63, 3.8) is 0 Å². The molecule has 0 atom stereocenters. The molecule has 21 heavy (non-hydrogen) atoms. The van der Waals surface area contributed by atoms with E-state index < -0.39 is 0 Å². The highest BCUT2D eigenvalue weighted by atomic mass is 16.3. The molecule has 2 aromatic rings. The summed E-state index contributed by atoms with van der Waals surface area (Å²) in [5, 5.41) is 9.48. The van der Waals surface area contributed by atoms with Gasteiger partial charge in [-0.2, -0.15) is 0 Å². The van der Waals surface area contributed by atoms with Crippen molar-refractivity contribution in [3.05, 3.63) is 47.8 Å². The summed E-state index contributed by atoms with van der Waals surface area (Å²) in [7, 11) is 1.74. The van der Waals surface area contributed by atoms with Crippen LogP contribution in [0.5, 0.6) is 5.75 Å². The van der Waals surface area contributed by atoms with Crippen LogP contribution in [0.25, 0.3) is 0 Å². The summed E-state index contributed by atoms with van der Waals surface area (Å²) in [5.74, 6) is 0.104. The minimum Gasteiger partial charge on any atom is -0.508 e. The van der Waals surface area contributed by atoms with Gasteiger partial charge in [0, 0.05) is 25.8 Å². The second kappa shape index (κ2) is 5.91. The molecule has 3 N–H and O–H groups in total. The number of hydrogen-bond donors (Lipinski definition) is 2. The third-order valence-corrected chi connectivity index (χ3v) is 3.32. The minimum absolute atomic E-state index is 0.0938. The number of hydrogen-bond acceptors (Lipinski definition) is 3. The summed E-state index contributed by atoms with van der Waals surface area (Å²) in [4.78, 5) is 14.2. The quantitative estimate of drug-likeness (QED) is 0.908. The number of carbonyl (C=O) groups excluding carboxylic acids is 1. The second-order valence-electron chi connectivity index (χ2n) is 5.49. The Morgan fingerprint density at radius 1 is 1.38 bits per heavy atom. The van der Waals surface area contributed by atoms with Crippen molar-refractivity contribution in [1.82, 2.24) is 9.47 Å². The number of amides is 1. The molecule has 0 unspecified atom stereocenters. The monoisotopic (exact) mass is 287 g/mol. The minimum atomic E-state index is -0.0938. The van der Waals surface area contributed by atoms with Gasteiger partial charge in [0.05, 0.1) is 5.69 Å². The van der Waals surface area contributed by atoms with Crippen molar-refractivity contribution in [2.75, 3.05) is 12.8 Å². The Labute approximate surface area is 124 Å². The fourth-order valence-corrected chi connectivity index (χ4v) is 2.30. The number of benzene rings is 1. The molecule has 1 aromatic carbocycles. The molecule has 1 amide bonds. The number of nitrogen functional groups attached to an aromatic ring is 1. The SMILES string of the molecule is CC(C)n1cc(N)cc1C(=O)N(C)Cc1cccc(O)c1. The molecule has 5 heteroatoms. The maximum atomic E-state index is 12.6. The van der Waals surface area contributed by atoms with Crippen LogP contribution in [0.1, 0.15) is 35.9 Å². The first-order chi connectivity index (χ1) is 9.88. The fraction of sp³-hybridized carbons (Fsp3) is 0.312. The molecule has 0 saturated carbocycles. The Morgan fingerprint density at radius 3 is 2.71 bits per heavy atom. The Balaban J connectivity index is 2.20. The number of nitrogens with two attached hydrogens (primary N) is 1. The molecule has 1 aromatic heterocycles. The summed E-state index contributed by atoms with van der Waals surface area (Å²) < 4.78 is 1.87. The Kier molecular flexibility index (Phi) is 4.21. The first-order valence-electron chi connectivity index (χ1n) is 6.89. The van der Waals surface area contributed by atoms with Gasteiger partial charge in [-0.1, -0.05) is 12.1 Å². The van der Waals surface area contributed by atoms with Crippen LogP contribution in [0.4, 0.5) is 5.69 Å². The van der Waals surface area contributed by atoms with Crippen LogP contribution in [0.2, 0.25) is 0 Å². The van der Waals surface area contributed by atoms with Gasteiger partial charge in [-0.15, -0.1) is 0 Å². The standard InChI is InChI=1S/C16H21N3O2/c1-11(2)19-10-13(17)8-15(19)16(21)18(3)9-12-5-4-6-14(20)7-12/h4-8,10-11,20H,9,17H2,1-3H3. The molecule has 112 valence electrons. The van der Waals surface area contributed by atoms with Crippen molar-refractivity contribution in [1.29, 1.82) is 0 Å². The Morgan fingerprint density at radius 2 is 2.10 bits per heavy atom. The summed E-state index contributed by atoms with van der Waals surface area (Å²) in [6.07, 6.45) is 1.78. The molecule has 0 fully saturated rings. The predicted octanol–water partition coefficient (Wildman–Crippen LogP) is 2.63. The van der Waals surface area contributed by atoms with Gasteiger partial charge in [-0.3, -0.25) is 4.79 Å². The summed E-state index contributed by atoms with van der Waals surface area (Å²) in [6, 6.07) is 8.75. The van der Waals surface area contributed by atoms with Crippen LogP contribution >= 0.6 is 0 Å². The average molecular weight is 287 g/mol. The average Bonchev–Trinajstić information content (AvgIpc) is 2.80. The van der Waals surface area contributed by atoms with Crippen molar-refractivity contribution in [3.8, 4) is 5.75 Å². The van der Waals surface area contributed by atoms with Crippen LogP contribution in [0, 0.1) is 0 Å². The van der Waals surface area contributed by atoms with E-state index in [1.165, 1.54) is 0 Å². The third kappa shape index (κ3) is 3.37. The number of aromatic hydroxyl groups is 1. The van der Waals surface area contributed by atoms with Crippen molar-refractivity contribution in [2.45, 2.75) is 26.4 Å². The van der Waals surface area contributed by atoms with Gasteiger partial charge < -0.3 is 20.3 Å². The highest BCUT2D eigenvalue weighted by Gasteiger charge is 2.18. The third-order valence-electron chi connectivity index (χ3n) is 3.32. The van der Waals surface area contributed by atoms with Gasteiger partial charge in [0.25, 0.3) is 5.91 Å². The smallest absolute Gasteiger partial charge is 0.270 e. The molecular formula is C16H21N3O2. The second-order valence-corrected chi connectivity index (χ2v) is 5.49. The van der Waals surface area contributed by atoms with Gasteiger partial charge in [0.2, 0.25) is 0 Å². The van der Waals surface area contributed by atoms with Gasteiger partial charge in [-0.25, -0.2) is 0 Å². The van der Waals surface area contributed by atoms with Gasteiger partial charge in [0.15, 0.2) is 0 Å². The van der Waals surface area contributed by atoms with Crippen molar-refractivity contribution >= 4 is 11.6 Å². The van der Waals surface area contributed by atoms with Crippen LogP contribution in [-0.4, -0.2) is 27.5 Å². The normalized spacial score (nSPS) is 10.9. The number of phenolic OH excluding ortho intramolecular Hbond substituents is 1. The molecule has 1 heterocycles. The molecule has 0 aliphatic carbocycles. The maximum Gasteiger partial charge on any atom is 0.270 e. The van der Waals surface area contributed by atoms with E-state index in [2.05, 4.69) is 0 Å². The zero-order valence-electron chi connectivity index (χ0n) is 12.6. The van der Waals surface area contributed by atoms with E-state index in [4.69, 9.17) is 5.73 Å². The first kappa shape index (κ1) is 15.0.